The summed E-state index contributed by atoms with van der Waals surface area (Å²) in [5.41, 5.74) is 8.76. The number of nitrogens with zero attached hydrogens (tertiary/aromatic N) is 3. The molecule has 2 heterocycles. The Labute approximate surface area is 270 Å². The van der Waals surface area contributed by atoms with Crippen LogP contribution in [0.4, 0.5) is 11.6 Å². The molecule has 3 aromatic carbocycles. The lowest BCUT2D eigenvalue weighted by atomic mass is 9.94. The van der Waals surface area contributed by atoms with Gasteiger partial charge in [-0.1, -0.05) is 55.4 Å². The highest BCUT2D eigenvalue weighted by Gasteiger charge is 2.35. The average molecular weight is 626 g/mol. The maximum absolute atomic E-state index is 14.0. The smallest absolute Gasteiger partial charge is 0.255 e. The van der Waals surface area contributed by atoms with Crippen LogP contribution in [-0.2, 0) is 11.4 Å². The van der Waals surface area contributed by atoms with Crippen molar-refractivity contribution in [2.75, 3.05) is 23.0 Å². The molecule has 1 amide bonds. The van der Waals surface area contributed by atoms with Crippen molar-refractivity contribution in [1.82, 2.24) is 14.8 Å². The van der Waals surface area contributed by atoms with Gasteiger partial charge in [0.1, 0.15) is 12.6 Å². The molecule has 0 bridgehead atoms. The third-order valence-electron chi connectivity index (χ3n) is 8.00. The van der Waals surface area contributed by atoms with E-state index >= 15 is 0 Å². The van der Waals surface area contributed by atoms with Gasteiger partial charge in [-0.2, -0.15) is 4.98 Å². The number of anilines is 2. The minimum absolute atomic E-state index is 0.208. The number of ether oxygens (including phenoxy) is 2. The number of fused-ring (bicyclic) bond motifs is 1. The van der Waals surface area contributed by atoms with E-state index in [2.05, 4.69) is 50.5 Å². The van der Waals surface area contributed by atoms with Crippen molar-refractivity contribution < 1.29 is 14.3 Å². The van der Waals surface area contributed by atoms with E-state index in [1.165, 1.54) is 16.7 Å². The summed E-state index contributed by atoms with van der Waals surface area (Å²) in [4.78, 5) is 18.8. The lowest BCUT2D eigenvalue weighted by Gasteiger charge is -2.29. The van der Waals surface area contributed by atoms with Gasteiger partial charge >= 0.3 is 0 Å². The number of benzene rings is 3. The normalized spacial score (nSPS) is 14.2. The SMILES string of the molecule is CCCCSc1nc2n(n1)C(c1ccc(OCc3cc(C)c(C)cc3C)c(OCC)c1)C(C(=O)Nc1cccc(C)c1)=C(C)N2. The molecule has 9 heteroatoms. The first-order valence-corrected chi connectivity index (χ1v) is 16.6. The standard InChI is InChI=1S/C36H43N5O3S/c1-8-10-16-45-36-39-35-37-26(7)32(34(42)38-29-13-11-12-22(3)17-29)33(41(35)40-36)27-14-15-30(31(20-27)43-9-2)44-21-28-19-24(5)23(4)18-25(28)6/h11-15,17-20,33H,8-10,16,21H2,1-7H3,(H,38,42)(H,37,39,40). The monoisotopic (exact) mass is 625 g/mol. The highest BCUT2D eigenvalue weighted by atomic mass is 32.2. The van der Waals surface area contributed by atoms with Gasteiger partial charge in [0.15, 0.2) is 11.5 Å². The lowest BCUT2D eigenvalue weighted by Crippen LogP contribution is -2.31. The number of hydrogen-bond donors (Lipinski definition) is 2. The van der Waals surface area contributed by atoms with Gasteiger partial charge in [0.2, 0.25) is 11.1 Å². The third kappa shape index (κ3) is 7.36. The summed E-state index contributed by atoms with van der Waals surface area (Å²) < 4.78 is 14.3. The molecule has 1 aliphatic heterocycles. The van der Waals surface area contributed by atoms with E-state index in [0.717, 1.165) is 46.7 Å². The van der Waals surface area contributed by atoms with Crippen LogP contribution in [0.25, 0.3) is 0 Å². The number of aryl methyl sites for hydroxylation is 4. The number of allylic oxidation sites excluding steroid dienone is 1. The van der Waals surface area contributed by atoms with Gasteiger partial charge in [0.05, 0.1) is 12.2 Å². The first kappa shape index (κ1) is 32.2. The van der Waals surface area contributed by atoms with E-state index in [9.17, 15) is 4.79 Å². The fourth-order valence-electron chi connectivity index (χ4n) is 5.44. The number of aromatic nitrogens is 3. The first-order chi connectivity index (χ1) is 21.7. The number of hydrogen-bond acceptors (Lipinski definition) is 7. The highest BCUT2D eigenvalue weighted by molar-refractivity contribution is 7.99. The van der Waals surface area contributed by atoms with E-state index in [-0.39, 0.29) is 5.91 Å². The van der Waals surface area contributed by atoms with E-state index < -0.39 is 6.04 Å². The predicted molar refractivity (Wildman–Crippen MR) is 183 cm³/mol. The van der Waals surface area contributed by atoms with Crippen LogP contribution in [0.3, 0.4) is 0 Å². The number of carbonyl (C=O) groups excluding carboxylic acids is 1. The predicted octanol–water partition coefficient (Wildman–Crippen LogP) is 8.31. The Hall–Kier alpha value is -4.24. The van der Waals surface area contributed by atoms with Crippen LogP contribution in [-0.4, -0.2) is 33.0 Å². The van der Waals surface area contributed by atoms with Gasteiger partial charge in [-0.25, -0.2) is 4.68 Å². The highest BCUT2D eigenvalue weighted by Crippen LogP contribution is 2.40. The molecule has 45 heavy (non-hydrogen) atoms. The molecule has 0 saturated heterocycles. The molecule has 1 atom stereocenters. The zero-order valence-corrected chi connectivity index (χ0v) is 28.1. The molecule has 1 unspecified atom stereocenters. The van der Waals surface area contributed by atoms with Crippen molar-refractivity contribution in [2.45, 2.75) is 79.1 Å². The molecular weight excluding hydrogens is 582 g/mol. The second kappa shape index (κ2) is 14.2. The van der Waals surface area contributed by atoms with E-state index in [0.29, 0.717) is 41.4 Å². The summed E-state index contributed by atoms with van der Waals surface area (Å²) in [5.74, 6) is 2.59. The van der Waals surface area contributed by atoms with Crippen molar-refractivity contribution in [2.24, 2.45) is 0 Å². The largest absolute Gasteiger partial charge is 0.490 e. The quantitative estimate of drug-likeness (QED) is 0.121. The maximum atomic E-state index is 14.0. The molecule has 5 rings (SSSR count). The average Bonchev–Trinajstić information content (AvgIpc) is 3.40. The number of amides is 1. The molecule has 236 valence electrons. The second-order valence-electron chi connectivity index (χ2n) is 11.5. The fourth-order valence-corrected chi connectivity index (χ4v) is 6.35. The molecule has 0 fully saturated rings. The number of nitrogens with one attached hydrogen (secondary N) is 2. The maximum Gasteiger partial charge on any atom is 0.255 e. The lowest BCUT2D eigenvalue weighted by molar-refractivity contribution is -0.113. The summed E-state index contributed by atoms with van der Waals surface area (Å²) in [7, 11) is 0. The summed E-state index contributed by atoms with van der Waals surface area (Å²) in [6, 6.07) is 17.5. The molecule has 8 nitrogen and oxygen atoms in total. The van der Waals surface area contributed by atoms with Gasteiger partial charge in [-0.3, -0.25) is 4.79 Å². The van der Waals surface area contributed by atoms with Crippen LogP contribution in [0.5, 0.6) is 11.5 Å². The molecule has 1 aliphatic rings. The second-order valence-corrected chi connectivity index (χ2v) is 12.6. The Morgan fingerprint density at radius 1 is 0.956 bits per heavy atom. The molecule has 4 aromatic rings. The van der Waals surface area contributed by atoms with E-state index in [1.807, 2.05) is 67.9 Å². The van der Waals surface area contributed by atoms with Crippen molar-refractivity contribution in [3.63, 3.8) is 0 Å². The van der Waals surface area contributed by atoms with Gasteiger partial charge in [0.25, 0.3) is 5.91 Å². The fraction of sp³-hybridized carbons (Fsp3) is 0.361. The zero-order valence-electron chi connectivity index (χ0n) is 27.3. The van der Waals surface area contributed by atoms with Crippen LogP contribution in [0.2, 0.25) is 0 Å². The van der Waals surface area contributed by atoms with Crippen LogP contribution in [0, 0.1) is 27.7 Å². The number of unbranched alkanes of at least 4 members (excludes halogenated alkanes) is 1. The Morgan fingerprint density at radius 2 is 1.76 bits per heavy atom. The summed E-state index contributed by atoms with van der Waals surface area (Å²) in [5, 5.41) is 12.0. The number of carbonyl (C=O) groups is 1. The van der Waals surface area contributed by atoms with Crippen molar-refractivity contribution >= 4 is 29.3 Å². The number of rotatable bonds is 12. The molecular formula is C36H43N5O3S. The van der Waals surface area contributed by atoms with Gasteiger partial charge < -0.3 is 20.1 Å². The molecule has 1 aromatic heterocycles. The van der Waals surface area contributed by atoms with Crippen LogP contribution in [0.15, 0.2) is 71.0 Å². The summed E-state index contributed by atoms with van der Waals surface area (Å²) in [6.45, 7) is 15.3. The number of thioether (sulfide) groups is 1. The Kier molecular flexibility index (Phi) is 10.2. The van der Waals surface area contributed by atoms with E-state index in [4.69, 9.17) is 19.6 Å². The summed E-state index contributed by atoms with van der Waals surface area (Å²) >= 11 is 1.63. The van der Waals surface area contributed by atoms with Crippen molar-refractivity contribution in [1.29, 1.82) is 0 Å². The zero-order chi connectivity index (χ0) is 32.1. The molecule has 0 saturated carbocycles. The summed E-state index contributed by atoms with van der Waals surface area (Å²) in [6.07, 6.45) is 2.18. The topological polar surface area (TPSA) is 90.3 Å². The molecule has 2 N–H and O–H groups in total. The first-order valence-electron chi connectivity index (χ1n) is 15.6. The van der Waals surface area contributed by atoms with Crippen LogP contribution >= 0.6 is 11.8 Å². The van der Waals surface area contributed by atoms with Gasteiger partial charge in [-0.15, -0.1) is 5.10 Å². The van der Waals surface area contributed by atoms with Crippen LogP contribution in [0.1, 0.15) is 73.0 Å². The molecule has 0 radical (unpaired) electrons. The molecule has 0 spiro atoms. The van der Waals surface area contributed by atoms with Crippen LogP contribution < -0.4 is 20.1 Å². The van der Waals surface area contributed by atoms with E-state index in [1.54, 1.807) is 11.8 Å². The minimum Gasteiger partial charge on any atom is -0.490 e. The minimum atomic E-state index is -0.533. The Bertz CT molecular complexity index is 1730. The third-order valence-corrected chi connectivity index (χ3v) is 8.93. The van der Waals surface area contributed by atoms with Gasteiger partial charge in [0, 0.05) is 17.1 Å². The van der Waals surface area contributed by atoms with Gasteiger partial charge in [-0.05, 0) is 106 Å². The molecule has 0 aliphatic carbocycles. The Balaban J connectivity index is 1.52. The van der Waals surface area contributed by atoms with Crippen molar-refractivity contribution in [3.05, 3.63) is 99.2 Å². The Morgan fingerprint density at radius 3 is 2.51 bits per heavy atom. The van der Waals surface area contributed by atoms with Crippen molar-refractivity contribution in [3.8, 4) is 11.5 Å².